The van der Waals surface area contributed by atoms with Crippen LogP contribution in [0.5, 0.6) is 0 Å². The maximum Gasteiger partial charge on any atom is 0.272 e. The Kier molecular flexibility index (Phi) is 4.02. The molecular formula is C16H26N4O. The molecular weight excluding hydrogens is 264 g/mol. The van der Waals surface area contributed by atoms with Crippen LogP contribution in [0.2, 0.25) is 0 Å². The van der Waals surface area contributed by atoms with Crippen LogP contribution in [-0.2, 0) is 7.05 Å². The summed E-state index contributed by atoms with van der Waals surface area (Å²) in [5.41, 5.74) is 1.73. The lowest BCUT2D eigenvalue weighted by molar-refractivity contribution is 0.0732. The molecule has 1 atom stereocenters. The predicted octanol–water partition coefficient (Wildman–Crippen LogP) is 1.85. The number of carbonyl (C=O) groups is 1. The van der Waals surface area contributed by atoms with E-state index in [2.05, 4.69) is 23.8 Å². The van der Waals surface area contributed by atoms with Gasteiger partial charge in [-0.3, -0.25) is 14.4 Å². The van der Waals surface area contributed by atoms with Gasteiger partial charge in [0.15, 0.2) is 0 Å². The summed E-state index contributed by atoms with van der Waals surface area (Å²) in [4.78, 5) is 17.4. The molecule has 2 aliphatic heterocycles. The van der Waals surface area contributed by atoms with E-state index in [1.165, 1.54) is 19.4 Å². The zero-order valence-corrected chi connectivity index (χ0v) is 13.4. The average molecular weight is 290 g/mol. The molecule has 1 aromatic rings. The Bertz CT molecular complexity index is 522. The first-order chi connectivity index (χ1) is 10.1. The lowest BCUT2D eigenvalue weighted by Gasteiger charge is -2.25. The standard InChI is InChI=1S/C16H26N4O/c1-12(2)14-10-15(18(3)17-14)16(21)20-9-5-8-19-7-4-6-13(19)11-20/h10,12-13H,4-9,11H2,1-3H3/t13-/m0/s1. The smallest absolute Gasteiger partial charge is 0.272 e. The van der Waals surface area contributed by atoms with Crippen LogP contribution in [0.4, 0.5) is 0 Å². The lowest BCUT2D eigenvalue weighted by Crippen LogP contribution is -2.40. The van der Waals surface area contributed by atoms with Crippen LogP contribution in [0.15, 0.2) is 6.07 Å². The van der Waals surface area contributed by atoms with Crippen molar-refractivity contribution in [1.29, 1.82) is 0 Å². The minimum Gasteiger partial charge on any atom is -0.336 e. The van der Waals surface area contributed by atoms with Crippen LogP contribution in [0.25, 0.3) is 0 Å². The number of carbonyl (C=O) groups excluding carboxylic acids is 1. The van der Waals surface area contributed by atoms with Gasteiger partial charge in [-0.15, -0.1) is 0 Å². The van der Waals surface area contributed by atoms with Gasteiger partial charge in [0.05, 0.1) is 5.69 Å². The maximum absolute atomic E-state index is 12.8. The van der Waals surface area contributed by atoms with Gasteiger partial charge in [-0.2, -0.15) is 5.10 Å². The lowest BCUT2D eigenvalue weighted by atomic mass is 10.1. The third-order valence-corrected chi connectivity index (χ3v) is 4.80. The molecule has 116 valence electrons. The zero-order chi connectivity index (χ0) is 15.0. The van der Waals surface area contributed by atoms with Crippen molar-refractivity contribution in [2.75, 3.05) is 26.2 Å². The van der Waals surface area contributed by atoms with E-state index in [0.717, 1.165) is 37.4 Å². The van der Waals surface area contributed by atoms with Gasteiger partial charge in [0.2, 0.25) is 0 Å². The maximum atomic E-state index is 12.8. The Morgan fingerprint density at radius 3 is 2.76 bits per heavy atom. The van der Waals surface area contributed by atoms with E-state index in [0.29, 0.717) is 12.0 Å². The Balaban J connectivity index is 1.77. The second-order valence-electron chi connectivity index (χ2n) is 6.67. The molecule has 21 heavy (non-hydrogen) atoms. The quantitative estimate of drug-likeness (QED) is 0.835. The molecule has 1 aromatic heterocycles. The van der Waals surface area contributed by atoms with Crippen molar-refractivity contribution in [3.63, 3.8) is 0 Å². The Labute approximate surface area is 126 Å². The van der Waals surface area contributed by atoms with E-state index in [9.17, 15) is 4.79 Å². The van der Waals surface area contributed by atoms with Crippen LogP contribution < -0.4 is 0 Å². The van der Waals surface area contributed by atoms with Crippen molar-refractivity contribution in [3.8, 4) is 0 Å². The highest BCUT2D eigenvalue weighted by molar-refractivity contribution is 5.92. The number of amides is 1. The highest BCUT2D eigenvalue weighted by atomic mass is 16.2. The number of rotatable bonds is 2. The molecule has 3 rings (SSSR count). The number of aryl methyl sites for hydroxylation is 1. The summed E-state index contributed by atoms with van der Waals surface area (Å²) in [5, 5.41) is 4.47. The fraction of sp³-hybridized carbons (Fsp3) is 0.750. The molecule has 0 spiro atoms. The van der Waals surface area contributed by atoms with E-state index in [1.54, 1.807) is 4.68 Å². The Hall–Kier alpha value is -1.36. The Morgan fingerprint density at radius 2 is 2.05 bits per heavy atom. The number of aromatic nitrogens is 2. The fourth-order valence-corrected chi connectivity index (χ4v) is 3.52. The second kappa shape index (κ2) is 5.79. The summed E-state index contributed by atoms with van der Waals surface area (Å²) in [6.45, 7) is 8.31. The van der Waals surface area contributed by atoms with Gasteiger partial charge in [0.25, 0.3) is 5.91 Å². The van der Waals surface area contributed by atoms with Crippen molar-refractivity contribution in [2.24, 2.45) is 7.05 Å². The third-order valence-electron chi connectivity index (χ3n) is 4.80. The number of nitrogens with zero attached hydrogens (tertiary/aromatic N) is 4. The first kappa shape index (κ1) is 14.6. The predicted molar refractivity (Wildman–Crippen MR) is 82.4 cm³/mol. The summed E-state index contributed by atoms with van der Waals surface area (Å²) < 4.78 is 1.75. The highest BCUT2D eigenvalue weighted by Crippen LogP contribution is 2.23. The van der Waals surface area contributed by atoms with Crippen molar-refractivity contribution in [3.05, 3.63) is 17.5 Å². The van der Waals surface area contributed by atoms with Crippen molar-refractivity contribution < 1.29 is 4.79 Å². The monoisotopic (exact) mass is 290 g/mol. The summed E-state index contributed by atoms with van der Waals surface area (Å²) in [5.74, 6) is 0.498. The van der Waals surface area contributed by atoms with E-state index in [1.807, 2.05) is 18.0 Å². The topological polar surface area (TPSA) is 41.4 Å². The summed E-state index contributed by atoms with van der Waals surface area (Å²) in [6.07, 6.45) is 3.58. The first-order valence-electron chi connectivity index (χ1n) is 8.13. The van der Waals surface area contributed by atoms with E-state index >= 15 is 0 Å². The molecule has 2 fully saturated rings. The molecule has 1 amide bonds. The van der Waals surface area contributed by atoms with Crippen LogP contribution in [0, 0.1) is 0 Å². The van der Waals surface area contributed by atoms with E-state index in [4.69, 9.17) is 0 Å². The first-order valence-corrected chi connectivity index (χ1v) is 8.13. The highest BCUT2D eigenvalue weighted by Gasteiger charge is 2.31. The van der Waals surface area contributed by atoms with Gasteiger partial charge >= 0.3 is 0 Å². The molecule has 0 saturated carbocycles. The molecule has 5 nitrogen and oxygen atoms in total. The van der Waals surface area contributed by atoms with Crippen molar-refractivity contribution >= 4 is 5.91 Å². The minimum atomic E-state index is 0.144. The van der Waals surface area contributed by atoms with Gasteiger partial charge in [-0.1, -0.05) is 13.8 Å². The molecule has 0 N–H and O–H groups in total. The van der Waals surface area contributed by atoms with Gasteiger partial charge in [0, 0.05) is 32.7 Å². The summed E-state index contributed by atoms with van der Waals surface area (Å²) >= 11 is 0. The van der Waals surface area contributed by atoms with Crippen molar-refractivity contribution in [2.45, 2.75) is 45.1 Å². The molecule has 3 heterocycles. The Morgan fingerprint density at radius 1 is 1.29 bits per heavy atom. The van der Waals surface area contributed by atoms with Gasteiger partial charge in [-0.25, -0.2) is 0 Å². The normalized spacial score (nSPS) is 23.4. The number of hydrogen-bond donors (Lipinski definition) is 0. The zero-order valence-electron chi connectivity index (χ0n) is 13.4. The van der Waals surface area contributed by atoms with E-state index in [-0.39, 0.29) is 5.91 Å². The second-order valence-corrected chi connectivity index (χ2v) is 6.67. The number of hydrogen-bond acceptors (Lipinski definition) is 3. The third kappa shape index (κ3) is 2.84. The molecule has 0 bridgehead atoms. The minimum absolute atomic E-state index is 0.144. The van der Waals surface area contributed by atoms with Crippen LogP contribution in [-0.4, -0.2) is 57.7 Å². The van der Waals surface area contributed by atoms with E-state index < -0.39 is 0 Å². The van der Waals surface area contributed by atoms with Gasteiger partial charge < -0.3 is 4.90 Å². The average Bonchev–Trinajstić information content (AvgIpc) is 2.99. The SMILES string of the molecule is CC(C)c1cc(C(=O)N2CCCN3CCC[C@H]3C2)n(C)n1. The van der Waals surface area contributed by atoms with Crippen molar-refractivity contribution in [1.82, 2.24) is 19.6 Å². The molecule has 2 aliphatic rings. The van der Waals surface area contributed by atoms with Crippen LogP contribution in [0.3, 0.4) is 0 Å². The largest absolute Gasteiger partial charge is 0.336 e. The van der Waals surface area contributed by atoms with Gasteiger partial charge in [0.1, 0.15) is 5.69 Å². The molecule has 0 aromatic carbocycles. The summed E-state index contributed by atoms with van der Waals surface area (Å²) in [6, 6.07) is 2.53. The van der Waals surface area contributed by atoms with Gasteiger partial charge in [-0.05, 0) is 37.8 Å². The van der Waals surface area contributed by atoms with Crippen LogP contribution in [0.1, 0.15) is 55.2 Å². The number of fused-ring (bicyclic) bond motifs is 1. The molecule has 5 heteroatoms. The molecule has 0 aliphatic carbocycles. The fourth-order valence-electron chi connectivity index (χ4n) is 3.52. The summed E-state index contributed by atoms with van der Waals surface area (Å²) in [7, 11) is 1.87. The molecule has 2 saturated heterocycles. The molecule has 0 unspecified atom stereocenters. The molecule has 0 radical (unpaired) electrons. The van der Waals surface area contributed by atoms with Crippen LogP contribution >= 0.6 is 0 Å².